The molecule has 1 heterocycles. The number of halogens is 1. The lowest BCUT2D eigenvalue weighted by molar-refractivity contribution is 0.0729. The fourth-order valence-electron chi connectivity index (χ4n) is 2.50. The first-order valence-corrected chi connectivity index (χ1v) is 8.66. The average molecular weight is 391 g/mol. The van der Waals surface area contributed by atoms with Crippen molar-refractivity contribution >= 4 is 29.2 Å². The second-order valence-corrected chi connectivity index (χ2v) is 6.16. The second kappa shape index (κ2) is 8.85. The number of nitriles is 1. The molecule has 0 fully saturated rings. The minimum atomic E-state index is -0.536. The lowest BCUT2D eigenvalue weighted by Crippen LogP contribution is -2.09. The zero-order valence-corrected chi connectivity index (χ0v) is 15.7. The maximum atomic E-state index is 12.2. The summed E-state index contributed by atoms with van der Waals surface area (Å²) in [4.78, 5) is 16.1. The lowest BCUT2D eigenvalue weighted by atomic mass is 10.0. The van der Waals surface area contributed by atoms with E-state index >= 15 is 0 Å². The van der Waals surface area contributed by atoms with E-state index in [0.29, 0.717) is 27.5 Å². The van der Waals surface area contributed by atoms with E-state index in [2.05, 4.69) is 11.1 Å². The summed E-state index contributed by atoms with van der Waals surface area (Å²) in [6, 6.07) is 17.5. The first kappa shape index (κ1) is 19.2. The number of nitrogens with zero attached hydrogens (tertiary/aromatic N) is 2. The number of rotatable bonds is 5. The lowest BCUT2D eigenvalue weighted by Gasteiger charge is -2.10. The number of benzene rings is 2. The molecule has 0 aliphatic heterocycles. The summed E-state index contributed by atoms with van der Waals surface area (Å²) in [5.41, 5.74) is 2.21. The molecule has 0 atom stereocenters. The highest BCUT2D eigenvalue weighted by molar-refractivity contribution is 6.30. The molecule has 138 valence electrons. The van der Waals surface area contributed by atoms with Crippen molar-refractivity contribution in [3.05, 3.63) is 88.7 Å². The van der Waals surface area contributed by atoms with Gasteiger partial charge >= 0.3 is 5.97 Å². The molecule has 3 rings (SSSR count). The van der Waals surface area contributed by atoms with Gasteiger partial charge in [0.2, 0.25) is 0 Å². The molecular weight excluding hydrogens is 376 g/mol. The van der Waals surface area contributed by atoms with E-state index in [1.165, 1.54) is 13.3 Å². The van der Waals surface area contributed by atoms with E-state index in [0.717, 1.165) is 5.56 Å². The molecule has 0 N–H and O–H groups in total. The Morgan fingerprint density at radius 1 is 1.11 bits per heavy atom. The van der Waals surface area contributed by atoms with E-state index in [1.54, 1.807) is 60.8 Å². The molecule has 2 aromatic carbocycles. The molecule has 0 saturated carbocycles. The van der Waals surface area contributed by atoms with Crippen LogP contribution in [0.3, 0.4) is 0 Å². The Kier molecular flexibility index (Phi) is 6.05. The first-order chi connectivity index (χ1) is 13.6. The van der Waals surface area contributed by atoms with Crippen LogP contribution in [0.1, 0.15) is 21.5 Å². The molecule has 5 nitrogen and oxygen atoms in total. The Bertz CT molecular complexity index is 1070. The number of pyridine rings is 1. The molecule has 0 radical (unpaired) electrons. The van der Waals surface area contributed by atoms with Crippen LogP contribution in [0.2, 0.25) is 5.02 Å². The molecular formula is C22H15ClN2O3. The van der Waals surface area contributed by atoms with Gasteiger partial charge in [0.15, 0.2) is 11.5 Å². The number of esters is 1. The molecule has 0 saturated heterocycles. The zero-order chi connectivity index (χ0) is 19.9. The second-order valence-electron chi connectivity index (χ2n) is 5.72. The van der Waals surface area contributed by atoms with Gasteiger partial charge in [0.25, 0.3) is 0 Å². The third kappa shape index (κ3) is 4.56. The number of carbonyl (C=O) groups is 1. The van der Waals surface area contributed by atoms with Gasteiger partial charge in [0.05, 0.1) is 24.3 Å². The predicted octanol–water partition coefficient (Wildman–Crippen LogP) is 5.03. The molecule has 6 heteroatoms. The van der Waals surface area contributed by atoms with Gasteiger partial charge in [-0.1, -0.05) is 29.8 Å². The third-order valence-corrected chi connectivity index (χ3v) is 4.09. The molecule has 1 aromatic heterocycles. The Morgan fingerprint density at radius 2 is 1.93 bits per heavy atom. The van der Waals surface area contributed by atoms with Crippen LogP contribution >= 0.6 is 11.6 Å². The van der Waals surface area contributed by atoms with Crippen molar-refractivity contribution in [1.29, 1.82) is 5.26 Å². The maximum Gasteiger partial charge on any atom is 0.345 e. The van der Waals surface area contributed by atoms with Crippen molar-refractivity contribution in [2.45, 2.75) is 0 Å². The number of methoxy groups -OCH3 is 1. The summed E-state index contributed by atoms with van der Waals surface area (Å²) in [5, 5.41) is 10.0. The van der Waals surface area contributed by atoms with Gasteiger partial charge in [-0.2, -0.15) is 5.26 Å². The van der Waals surface area contributed by atoms with Gasteiger partial charge in [-0.25, -0.2) is 4.79 Å². The van der Waals surface area contributed by atoms with Crippen LogP contribution in [0.5, 0.6) is 11.5 Å². The highest BCUT2D eigenvalue weighted by atomic mass is 35.5. The minimum Gasteiger partial charge on any atom is -0.493 e. The topological polar surface area (TPSA) is 72.2 Å². The highest BCUT2D eigenvalue weighted by Gasteiger charge is 2.13. The highest BCUT2D eigenvalue weighted by Crippen LogP contribution is 2.30. The van der Waals surface area contributed by atoms with Gasteiger partial charge in [0.1, 0.15) is 0 Å². The maximum absolute atomic E-state index is 12.2. The predicted molar refractivity (Wildman–Crippen MR) is 107 cm³/mol. The number of carbonyl (C=O) groups excluding carboxylic acids is 1. The van der Waals surface area contributed by atoms with Crippen molar-refractivity contribution < 1.29 is 14.3 Å². The summed E-state index contributed by atoms with van der Waals surface area (Å²) in [6.45, 7) is 0. The molecule has 0 aliphatic carbocycles. The van der Waals surface area contributed by atoms with Crippen molar-refractivity contribution in [2.75, 3.05) is 7.11 Å². The summed E-state index contributed by atoms with van der Waals surface area (Å²) in [5.74, 6) is 0.107. The smallest absolute Gasteiger partial charge is 0.345 e. The molecule has 0 unspecified atom stereocenters. The summed E-state index contributed by atoms with van der Waals surface area (Å²) in [7, 11) is 1.48. The third-order valence-electron chi connectivity index (χ3n) is 3.85. The van der Waals surface area contributed by atoms with E-state index in [-0.39, 0.29) is 5.75 Å². The summed E-state index contributed by atoms with van der Waals surface area (Å²) < 4.78 is 10.7. The molecule has 3 aromatic rings. The van der Waals surface area contributed by atoms with Gasteiger partial charge in [-0.15, -0.1) is 0 Å². The number of allylic oxidation sites excluding steroid dienone is 1. The monoisotopic (exact) mass is 390 g/mol. The molecule has 0 aliphatic rings. The Morgan fingerprint density at radius 3 is 2.61 bits per heavy atom. The minimum absolute atomic E-state index is 0.273. The fraction of sp³-hybridized carbons (Fsp3) is 0.0455. The van der Waals surface area contributed by atoms with Crippen molar-refractivity contribution in [3.63, 3.8) is 0 Å². The van der Waals surface area contributed by atoms with Crippen LogP contribution in [0.15, 0.2) is 67.0 Å². The quantitative estimate of drug-likeness (QED) is 0.264. The van der Waals surface area contributed by atoms with Crippen molar-refractivity contribution in [2.24, 2.45) is 0 Å². The van der Waals surface area contributed by atoms with Crippen LogP contribution in [-0.4, -0.2) is 18.1 Å². The van der Waals surface area contributed by atoms with Crippen LogP contribution in [0.25, 0.3) is 11.6 Å². The molecule has 0 amide bonds. The van der Waals surface area contributed by atoms with E-state index in [4.69, 9.17) is 21.1 Å². The molecule has 0 bridgehead atoms. The standard InChI is InChI=1S/C22H15ClN2O3/c1-27-21-11-15(10-18(13-24)16-4-2-6-19(23)12-16)7-8-20(21)28-22(26)17-5-3-9-25-14-17/h2-12,14H,1H3/b18-10-. The summed E-state index contributed by atoms with van der Waals surface area (Å²) in [6.07, 6.45) is 4.71. The number of hydrogen-bond donors (Lipinski definition) is 0. The van der Waals surface area contributed by atoms with E-state index in [1.807, 2.05) is 6.07 Å². The van der Waals surface area contributed by atoms with Gasteiger partial charge < -0.3 is 9.47 Å². The fourth-order valence-corrected chi connectivity index (χ4v) is 2.69. The van der Waals surface area contributed by atoms with Gasteiger partial charge in [-0.3, -0.25) is 4.98 Å². The van der Waals surface area contributed by atoms with Crippen molar-refractivity contribution in [1.82, 2.24) is 4.98 Å². The average Bonchev–Trinajstić information content (AvgIpc) is 2.73. The summed E-state index contributed by atoms with van der Waals surface area (Å²) >= 11 is 6.01. The van der Waals surface area contributed by atoms with Gasteiger partial charge in [-0.05, 0) is 53.6 Å². The Hall–Kier alpha value is -3.62. The normalized spacial score (nSPS) is 10.8. The van der Waals surface area contributed by atoms with Crippen LogP contribution < -0.4 is 9.47 Å². The van der Waals surface area contributed by atoms with Crippen LogP contribution in [-0.2, 0) is 0 Å². The van der Waals surface area contributed by atoms with Gasteiger partial charge in [0, 0.05) is 17.4 Å². The van der Waals surface area contributed by atoms with Crippen molar-refractivity contribution in [3.8, 4) is 17.6 Å². The van der Waals surface area contributed by atoms with E-state index < -0.39 is 5.97 Å². The zero-order valence-electron chi connectivity index (χ0n) is 14.9. The Labute approximate surface area is 167 Å². The number of hydrogen-bond acceptors (Lipinski definition) is 5. The molecule has 28 heavy (non-hydrogen) atoms. The van der Waals surface area contributed by atoms with E-state index in [9.17, 15) is 10.1 Å². The SMILES string of the molecule is COc1cc(/C=C(/C#N)c2cccc(Cl)c2)ccc1OC(=O)c1cccnc1. The van der Waals surface area contributed by atoms with Crippen LogP contribution in [0, 0.1) is 11.3 Å². The first-order valence-electron chi connectivity index (χ1n) is 8.28. The number of aromatic nitrogens is 1. The largest absolute Gasteiger partial charge is 0.493 e. The molecule has 0 spiro atoms. The number of ether oxygens (including phenoxy) is 2. The van der Waals surface area contributed by atoms with Crippen LogP contribution in [0.4, 0.5) is 0 Å². The Balaban J connectivity index is 1.88.